The van der Waals surface area contributed by atoms with Gasteiger partial charge in [-0.2, -0.15) is 4.98 Å². The van der Waals surface area contributed by atoms with E-state index in [0.29, 0.717) is 17.9 Å². The molecule has 7 nitrogen and oxygen atoms in total. The minimum absolute atomic E-state index is 0.0231. The smallest absolute Gasteiger partial charge is 0.254 e. The Labute approximate surface area is 142 Å². The molecule has 0 spiro atoms. The van der Waals surface area contributed by atoms with Crippen molar-refractivity contribution < 1.29 is 9.32 Å². The van der Waals surface area contributed by atoms with Gasteiger partial charge in [0, 0.05) is 29.4 Å². The Hall–Kier alpha value is -2.74. The molecule has 0 radical (unpaired) electrons. The van der Waals surface area contributed by atoms with Gasteiger partial charge < -0.3 is 14.7 Å². The number of nitrogens with zero attached hydrogens (tertiary/aromatic N) is 4. The third kappa shape index (κ3) is 2.88. The highest BCUT2D eigenvalue weighted by atomic mass is 32.1. The van der Waals surface area contributed by atoms with Gasteiger partial charge in [0.15, 0.2) is 11.0 Å². The molecule has 122 valence electrons. The molecule has 3 heterocycles. The first kappa shape index (κ1) is 14.8. The monoisotopic (exact) mass is 341 g/mol. The topological polar surface area (TPSA) is 84.2 Å². The number of aromatic nitrogens is 3. The lowest BCUT2D eigenvalue weighted by molar-refractivity contribution is 0.0728. The van der Waals surface area contributed by atoms with Crippen LogP contribution in [0.4, 0.5) is 10.8 Å². The van der Waals surface area contributed by atoms with Crippen LogP contribution in [0.5, 0.6) is 0 Å². The van der Waals surface area contributed by atoms with Crippen LogP contribution < -0.4 is 5.32 Å². The summed E-state index contributed by atoms with van der Waals surface area (Å²) in [6, 6.07) is 7.32. The van der Waals surface area contributed by atoms with Crippen LogP contribution in [0.15, 0.2) is 46.8 Å². The van der Waals surface area contributed by atoms with Crippen molar-refractivity contribution in [2.75, 3.05) is 11.9 Å². The molecule has 0 aliphatic carbocycles. The fourth-order valence-electron chi connectivity index (χ4n) is 2.91. The lowest BCUT2D eigenvalue weighted by atomic mass is 10.1. The number of anilines is 2. The molecule has 0 bridgehead atoms. The zero-order valence-electron chi connectivity index (χ0n) is 12.8. The van der Waals surface area contributed by atoms with E-state index < -0.39 is 0 Å². The fraction of sp³-hybridized carbons (Fsp3) is 0.250. The van der Waals surface area contributed by atoms with Gasteiger partial charge >= 0.3 is 0 Å². The average molecular weight is 341 g/mol. The van der Waals surface area contributed by atoms with E-state index in [0.717, 1.165) is 23.7 Å². The van der Waals surface area contributed by atoms with E-state index in [1.54, 1.807) is 6.20 Å². The second-order valence-electron chi connectivity index (χ2n) is 5.49. The average Bonchev–Trinajstić information content (AvgIpc) is 3.35. The molecule has 24 heavy (non-hydrogen) atoms. The van der Waals surface area contributed by atoms with Gasteiger partial charge in [-0.25, -0.2) is 4.98 Å². The van der Waals surface area contributed by atoms with Crippen LogP contribution in [0.25, 0.3) is 0 Å². The molecule has 4 rings (SSSR count). The van der Waals surface area contributed by atoms with E-state index in [4.69, 9.17) is 4.52 Å². The second kappa shape index (κ2) is 6.40. The fourth-order valence-corrected chi connectivity index (χ4v) is 3.46. The number of hydrogen-bond donors (Lipinski definition) is 1. The van der Waals surface area contributed by atoms with Crippen LogP contribution in [-0.2, 0) is 0 Å². The molecule has 0 saturated carbocycles. The van der Waals surface area contributed by atoms with Gasteiger partial charge in [-0.05, 0) is 31.0 Å². The van der Waals surface area contributed by atoms with Crippen LogP contribution >= 0.6 is 11.3 Å². The lowest BCUT2D eigenvalue weighted by Gasteiger charge is -2.22. The molecule has 1 atom stereocenters. The number of carbonyl (C=O) groups excluding carboxylic acids is 1. The lowest BCUT2D eigenvalue weighted by Crippen LogP contribution is -2.31. The molecule has 1 aliphatic rings. The SMILES string of the molecule is O=C(c1cccc(Nc2nccs2)c1)N1CCCC1c1ncon1. The maximum Gasteiger partial charge on any atom is 0.254 e. The summed E-state index contributed by atoms with van der Waals surface area (Å²) in [5.74, 6) is 0.544. The molecule has 2 aromatic heterocycles. The molecular weight excluding hydrogens is 326 g/mol. The van der Waals surface area contributed by atoms with Crippen LogP contribution in [0, 0.1) is 0 Å². The maximum absolute atomic E-state index is 12.9. The van der Waals surface area contributed by atoms with Crippen LogP contribution in [-0.4, -0.2) is 32.5 Å². The summed E-state index contributed by atoms with van der Waals surface area (Å²) in [6.45, 7) is 0.697. The van der Waals surface area contributed by atoms with Crippen molar-refractivity contribution in [3.8, 4) is 0 Å². The summed E-state index contributed by atoms with van der Waals surface area (Å²) in [5, 5.41) is 9.79. The highest BCUT2D eigenvalue weighted by molar-refractivity contribution is 7.13. The maximum atomic E-state index is 12.9. The highest BCUT2D eigenvalue weighted by Gasteiger charge is 2.33. The first-order chi connectivity index (χ1) is 11.8. The summed E-state index contributed by atoms with van der Waals surface area (Å²) < 4.78 is 4.82. The summed E-state index contributed by atoms with van der Waals surface area (Å²) in [6.07, 6.45) is 4.82. The number of benzene rings is 1. The molecular formula is C16H15N5O2S. The normalized spacial score (nSPS) is 17.2. The summed E-state index contributed by atoms with van der Waals surface area (Å²) in [5.41, 5.74) is 1.47. The van der Waals surface area contributed by atoms with Crippen molar-refractivity contribution in [1.29, 1.82) is 0 Å². The standard InChI is InChI=1S/C16H15N5O2S/c22-15(21-7-2-5-13(21)14-18-10-23-20-14)11-3-1-4-12(9-11)19-16-17-6-8-24-16/h1,3-4,6,8-10,13H,2,5,7H2,(H,17,19). The molecule has 1 amide bonds. The zero-order chi connectivity index (χ0) is 16.4. The van der Waals surface area contributed by atoms with E-state index in [9.17, 15) is 4.79 Å². The molecule has 1 saturated heterocycles. The number of amides is 1. The molecule has 8 heteroatoms. The van der Waals surface area contributed by atoms with Crippen molar-refractivity contribution >= 4 is 28.1 Å². The molecule has 1 unspecified atom stereocenters. The number of thiazole rings is 1. The number of hydrogen-bond acceptors (Lipinski definition) is 7. The summed E-state index contributed by atoms with van der Waals surface area (Å²) >= 11 is 1.51. The Morgan fingerprint density at radius 1 is 1.38 bits per heavy atom. The van der Waals surface area contributed by atoms with Crippen molar-refractivity contribution in [2.24, 2.45) is 0 Å². The first-order valence-corrected chi connectivity index (χ1v) is 8.53. The third-order valence-electron chi connectivity index (χ3n) is 3.98. The molecule has 1 fully saturated rings. The Morgan fingerprint density at radius 2 is 2.33 bits per heavy atom. The molecule has 3 aromatic rings. The predicted molar refractivity (Wildman–Crippen MR) is 89.1 cm³/mol. The summed E-state index contributed by atoms with van der Waals surface area (Å²) in [4.78, 5) is 23.0. The number of carbonyl (C=O) groups is 1. The second-order valence-corrected chi connectivity index (χ2v) is 6.38. The number of likely N-dealkylation sites (tertiary alicyclic amines) is 1. The Kier molecular flexibility index (Phi) is 3.96. The largest absolute Gasteiger partial charge is 0.343 e. The van der Waals surface area contributed by atoms with Crippen LogP contribution in [0.1, 0.15) is 35.1 Å². The van der Waals surface area contributed by atoms with Gasteiger partial charge in [0.05, 0.1) is 6.04 Å². The highest BCUT2D eigenvalue weighted by Crippen LogP contribution is 2.31. The Balaban J connectivity index is 1.55. The van der Waals surface area contributed by atoms with Crippen molar-refractivity contribution in [3.05, 3.63) is 53.6 Å². The van der Waals surface area contributed by atoms with E-state index >= 15 is 0 Å². The van der Waals surface area contributed by atoms with Crippen LogP contribution in [0.2, 0.25) is 0 Å². The third-order valence-corrected chi connectivity index (χ3v) is 4.67. The van der Waals surface area contributed by atoms with Gasteiger partial charge in [-0.1, -0.05) is 11.2 Å². The Bertz CT molecular complexity index is 819. The van der Waals surface area contributed by atoms with Crippen molar-refractivity contribution in [1.82, 2.24) is 20.0 Å². The van der Waals surface area contributed by atoms with E-state index in [2.05, 4.69) is 20.4 Å². The summed E-state index contributed by atoms with van der Waals surface area (Å²) in [7, 11) is 0. The Morgan fingerprint density at radius 3 is 3.12 bits per heavy atom. The zero-order valence-corrected chi connectivity index (χ0v) is 13.6. The number of nitrogens with one attached hydrogen (secondary N) is 1. The first-order valence-electron chi connectivity index (χ1n) is 7.65. The van der Waals surface area contributed by atoms with Gasteiger partial charge in [0.2, 0.25) is 6.39 Å². The number of rotatable bonds is 4. The minimum atomic E-state index is -0.119. The van der Waals surface area contributed by atoms with Gasteiger partial charge in [0.1, 0.15) is 0 Å². The van der Waals surface area contributed by atoms with E-state index in [-0.39, 0.29) is 11.9 Å². The molecule has 1 aliphatic heterocycles. The predicted octanol–water partition coefficient (Wildman–Crippen LogP) is 3.25. The van der Waals surface area contributed by atoms with Crippen LogP contribution in [0.3, 0.4) is 0 Å². The van der Waals surface area contributed by atoms with Gasteiger partial charge in [0.25, 0.3) is 5.91 Å². The minimum Gasteiger partial charge on any atom is -0.343 e. The van der Waals surface area contributed by atoms with E-state index in [1.807, 2.05) is 34.5 Å². The van der Waals surface area contributed by atoms with Crippen molar-refractivity contribution in [2.45, 2.75) is 18.9 Å². The van der Waals surface area contributed by atoms with E-state index in [1.165, 1.54) is 17.7 Å². The quantitative estimate of drug-likeness (QED) is 0.784. The molecule has 1 N–H and O–H groups in total. The molecule has 1 aromatic carbocycles. The van der Waals surface area contributed by atoms with Crippen molar-refractivity contribution in [3.63, 3.8) is 0 Å². The van der Waals surface area contributed by atoms with Gasteiger partial charge in [-0.3, -0.25) is 4.79 Å². The van der Waals surface area contributed by atoms with Gasteiger partial charge in [-0.15, -0.1) is 11.3 Å².